The lowest BCUT2D eigenvalue weighted by atomic mass is 10.3. The van der Waals surface area contributed by atoms with Crippen molar-refractivity contribution in [2.45, 2.75) is 32.9 Å². The van der Waals surface area contributed by atoms with E-state index < -0.39 is 10.0 Å². The fraction of sp³-hybridized carbons (Fsp3) is 0.667. The third-order valence-corrected chi connectivity index (χ3v) is 3.32. The summed E-state index contributed by atoms with van der Waals surface area (Å²) in [7, 11) is -3.05. The molecule has 1 aromatic heterocycles. The monoisotopic (exact) mass is 273 g/mol. The van der Waals surface area contributed by atoms with E-state index in [1.54, 1.807) is 0 Å². The largest absolute Gasteiger partial charge is 0.350 e. The Morgan fingerprint density at radius 1 is 1.33 bits per heavy atom. The van der Waals surface area contributed by atoms with Gasteiger partial charge in [0.2, 0.25) is 10.0 Å². The number of hydrogen-bond donors (Lipinski definition) is 2. The number of sulfonamides is 1. The molecule has 0 aliphatic rings. The zero-order chi connectivity index (χ0) is 13.4. The summed E-state index contributed by atoms with van der Waals surface area (Å²) in [5, 5.41) is 3.32. The normalized spacial score (nSPS) is 11.9. The van der Waals surface area contributed by atoms with Gasteiger partial charge in [0.15, 0.2) is 0 Å². The lowest BCUT2D eigenvalue weighted by molar-refractivity contribution is 0.571. The summed E-state index contributed by atoms with van der Waals surface area (Å²) in [5.74, 6) is 0. The molecule has 1 heterocycles. The van der Waals surface area contributed by atoms with Crippen LogP contribution in [0.3, 0.4) is 0 Å². The molecule has 1 rings (SSSR count). The van der Waals surface area contributed by atoms with Gasteiger partial charge in [-0.25, -0.2) is 13.1 Å². The van der Waals surface area contributed by atoms with Crippen LogP contribution in [0.2, 0.25) is 0 Å². The van der Waals surface area contributed by atoms with E-state index in [0.717, 1.165) is 32.5 Å². The van der Waals surface area contributed by atoms with Crippen LogP contribution in [0.5, 0.6) is 0 Å². The highest BCUT2D eigenvalue weighted by molar-refractivity contribution is 7.88. The molecule has 1 aromatic rings. The van der Waals surface area contributed by atoms with E-state index in [4.69, 9.17) is 0 Å². The van der Waals surface area contributed by atoms with Crippen molar-refractivity contribution in [3.05, 3.63) is 24.0 Å². The Balaban J connectivity index is 2.16. The summed E-state index contributed by atoms with van der Waals surface area (Å²) in [6.45, 7) is 5.32. The number of rotatable bonds is 9. The minimum atomic E-state index is -3.05. The lowest BCUT2D eigenvalue weighted by Gasteiger charge is -2.09. The Bertz CT molecular complexity index is 440. The number of aryl methyl sites for hydroxylation is 1. The Labute approximate surface area is 110 Å². The topological polar surface area (TPSA) is 63.1 Å². The van der Waals surface area contributed by atoms with E-state index >= 15 is 0 Å². The highest BCUT2D eigenvalue weighted by Crippen LogP contribution is 2.02. The first-order valence-electron chi connectivity index (χ1n) is 6.32. The second-order valence-electron chi connectivity index (χ2n) is 4.39. The molecule has 0 aliphatic carbocycles. The Morgan fingerprint density at radius 3 is 2.78 bits per heavy atom. The molecular formula is C12H23N3O2S. The maximum Gasteiger partial charge on any atom is 0.208 e. The molecule has 18 heavy (non-hydrogen) atoms. The molecule has 0 bridgehead atoms. The summed E-state index contributed by atoms with van der Waals surface area (Å²) in [5.41, 5.74) is 1.27. The fourth-order valence-electron chi connectivity index (χ4n) is 1.76. The predicted molar refractivity (Wildman–Crippen MR) is 73.9 cm³/mol. The molecule has 0 radical (unpaired) electrons. The average molecular weight is 273 g/mol. The van der Waals surface area contributed by atoms with Crippen LogP contribution in [0, 0.1) is 0 Å². The zero-order valence-corrected chi connectivity index (χ0v) is 12.0. The third kappa shape index (κ3) is 6.18. The van der Waals surface area contributed by atoms with E-state index in [-0.39, 0.29) is 0 Å². The molecule has 0 aromatic carbocycles. The maximum atomic E-state index is 10.8. The molecule has 2 N–H and O–H groups in total. The van der Waals surface area contributed by atoms with Crippen molar-refractivity contribution in [1.82, 2.24) is 14.6 Å². The van der Waals surface area contributed by atoms with Gasteiger partial charge in [-0.2, -0.15) is 0 Å². The van der Waals surface area contributed by atoms with Gasteiger partial charge in [0, 0.05) is 31.5 Å². The molecule has 104 valence electrons. The van der Waals surface area contributed by atoms with Crippen LogP contribution in [0.25, 0.3) is 0 Å². The average Bonchev–Trinajstić information content (AvgIpc) is 2.70. The number of aromatic nitrogens is 1. The van der Waals surface area contributed by atoms with Crippen LogP contribution in [-0.2, 0) is 23.1 Å². The first kappa shape index (κ1) is 15.2. The fourth-order valence-corrected chi connectivity index (χ4v) is 2.27. The van der Waals surface area contributed by atoms with Crippen molar-refractivity contribution in [2.75, 3.05) is 19.3 Å². The quantitative estimate of drug-likeness (QED) is 0.658. The van der Waals surface area contributed by atoms with Crippen LogP contribution in [0.1, 0.15) is 25.5 Å². The molecule has 0 aliphatic heterocycles. The summed E-state index contributed by atoms with van der Waals surface area (Å²) >= 11 is 0. The number of nitrogens with one attached hydrogen (secondary N) is 2. The smallest absolute Gasteiger partial charge is 0.208 e. The van der Waals surface area contributed by atoms with Crippen molar-refractivity contribution < 1.29 is 8.42 Å². The minimum absolute atomic E-state index is 0.488. The molecule has 0 unspecified atom stereocenters. The Morgan fingerprint density at radius 2 is 2.11 bits per heavy atom. The number of nitrogens with zero attached hydrogens (tertiary/aromatic N) is 1. The molecule has 0 fully saturated rings. The first-order valence-corrected chi connectivity index (χ1v) is 8.21. The van der Waals surface area contributed by atoms with Gasteiger partial charge in [-0.1, -0.05) is 6.92 Å². The molecule has 0 amide bonds. The molecule has 0 saturated heterocycles. The van der Waals surface area contributed by atoms with Gasteiger partial charge in [-0.3, -0.25) is 0 Å². The van der Waals surface area contributed by atoms with Gasteiger partial charge >= 0.3 is 0 Å². The van der Waals surface area contributed by atoms with Crippen molar-refractivity contribution >= 4 is 10.0 Å². The SMILES string of the molecule is CCCn1cccc1CNCCCNS(C)(=O)=O. The molecule has 0 saturated carbocycles. The molecule has 5 nitrogen and oxygen atoms in total. The van der Waals surface area contributed by atoms with Crippen LogP contribution in [0.15, 0.2) is 18.3 Å². The number of hydrogen-bond acceptors (Lipinski definition) is 3. The van der Waals surface area contributed by atoms with Crippen LogP contribution in [-0.4, -0.2) is 32.3 Å². The summed E-state index contributed by atoms with van der Waals surface area (Å²) < 4.78 is 26.4. The molecular weight excluding hydrogens is 250 g/mol. The second kappa shape index (κ2) is 7.56. The predicted octanol–water partition coefficient (Wildman–Crippen LogP) is 0.927. The zero-order valence-electron chi connectivity index (χ0n) is 11.1. The summed E-state index contributed by atoms with van der Waals surface area (Å²) in [4.78, 5) is 0. The van der Waals surface area contributed by atoms with Gasteiger partial charge in [0.05, 0.1) is 6.26 Å². The van der Waals surface area contributed by atoms with Crippen molar-refractivity contribution in [3.8, 4) is 0 Å². The summed E-state index contributed by atoms with van der Waals surface area (Å²) in [6, 6.07) is 4.16. The maximum absolute atomic E-state index is 10.8. The Kier molecular flexibility index (Phi) is 6.38. The van der Waals surface area contributed by atoms with Gasteiger partial charge in [-0.15, -0.1) is 0 Å². The molecule has 0 atom stereocenters. The van der Waals surface area contributed by atoms with Gasteiger partial charge in [0.25, 0.3) is 0 Å². The van der Waals surface area contributed by atoms with Crippen LogP contribution in [0.4, 0.5) is 0 Å². The Hall–Kier alpha value is -0.850. The highest BCUT2D eigenvalue weighted by Gasteiger charge is 2.00. The van der Waals surface area contributed by atoms with Gasteiger partial charge < -0.3 is 9.88 Å². The lowest BCUT2D eigenvalue weighted by Crippen LogP contribution is -2.26. The van der Waals surface area contributed by atoms with Gasteiger partial charge in [-0.05, 0) is 31.5 Å². The van der Waals surface area contributed by atoms with E-state index in [2.05, 4.69) is 39.9 Å². The standard InChI is InChI=1S/C12H23N3O2S/c1-3-9-15-10-4-6-12(15)11-13-7-5-8-14-18(2,16)17/h4,6,10,13-14H,3,5,7-9,11H2,1-2H3. The van der Waals surface area contributed by atoms with Crippen LogP contribution < -0.4 is 10.0 Å². The van der Waals surface area contributed by atoms with Crippen molar-refractivity contribution in [3.63, 3.8) is 0 Å². The first-order chi connectivity index (χ1) is 8.53. The third-order valence-electron chi connectivity index (χ3n) is 2.59. The summed E-state index contributed by atoms with van der Waals surface area (Å²) in [6.07, 6.45) is 5.19. The van der Waals surface area contributed by atoms with Gasteiger partial charge in [0.1, 0.15) is 0 Å². The second-order valence-corrected chi connectivity index (χ2v) is 6.22. The van der Waals surface area contributed by atoms with Crippen molar-refractivity contribution in [2.24, 2.45) is 0 Å². The van der Waals surface area contributed by atoms with E-state index in [0.29, 0.717) is 6.54 Å². The van der Waals surface area contributed by atoms with E-state index in [1.165, 1.54) is 11.9 Å². The highest BCUT2D eigenvalue weighted by atomic mass is 32.2. The van der Waals surface area contributed by atoms with Crippen molar-refractivity contribution in [1.29, 1.82) is 0 Å². The van der Waals surface area contributed by atoms with E-state index in [9.17, 15) is 8.42 Å². The molecule has 6 heteroatoms. The molecule has 0 spiro atoms. The van der Waals surface area contributed by atoms with E-state index in [1.807, 2.05) is 0 Å². The van der Waals surface area contributed by atoms with Crippen LogP contribution >= 0.6 is 0 Å². The minimum Gasteiger partial charge on any atom is -0.350 e.